The molecule has 0 aromatic heterocycles. The quantitative estimate of drug-likeness (QED) is 0.577. The van der Waals surface area contributed by atoms with Crippen LogP contribution in [0.25, 0.3) is 0 Å². The van der Waals surface area contributed by atoms with E-state index < -0.39 is 0 Å². The molecular weight excluding hydrogens is 358 g/mol. The Kier molecular flexibility index (Phi) is 7.65. The molecule has 2 saturated heterocycles. The topological polar surface area (TPSA) is 42.9 Å². The number of halogens is 1. The van der Waals surface area contributed by atoms with Gasteiger partial charge in [0.05, 0.1) is 0 Å². The van der Waals surface area contributed by atoms with Crippen molar-refractivity contribution in [2.24, 2.45) is 10.9 Å². The van der Waals surface area contributed by atoms with Gasteiger partial charge in [-0.1, -0.05) is 24.6 Å². The monoisotopic (exact) mass is 391 g/mol. The lowest BCUT2D eigenvalue weighted by Crippen LogP contribution is -2.45. The van der Waals surface area contributed by atoms with Crippen LogP contribution < -0.4 is 15.5 Å². The Morgan fingerprint density at radius 3 is 2.74 bits per heavy atom. The number of hydrogen-bond donors (Lipinski definition) is 2. The zero-order chi connectivity index (χ0) is 19.1. The number of nitrogens with zero attached hydrogens (tertiary/aromatic N) is 3. The van der Waals surface area contributed by atoms with E-state index in [-0.39, 0.29) is 0 Å². The van der Waals surface area contributed by atoms with Crippen molar-refractivity contribution in [2.75, 3.05) is 51.2 Å². The highest BCUT2D eigenvalue weighted by molar-refractivity contribution is 6.30. The molecule has 1 aromatic carbocycles. The van der Waals surface area contributed by atoms with Crippen LogP contribution in [0.2, 0.25) is 5.02 Å². The highest BCUT2D eigenvalue weighted by Crippen LogP contribution is 2.23. The SMILES string of the molecule is CCN1CCC(CCNC(=NC)NC2CCN(c3cccc(Cl)c3)C2)CC1. The van der Waals surface area contributed by atoms with Crippen molar-refractivity contribution < 1.29 is 0 Å². The normalized spacial score (nSPS) is 22.3. The molecule has 0 radical (unpaired) electrons. The highest BCUT2D eigenvalue weighted by Gasteiger charge is 2.24. The van der Waals surface area contributed by atoms with Crippen LogP contribution in [0.3, 0.4) is 0 Å². The second-order valence-electron chi connectivity index (χ2n) is 7.72. The molecule has 3 rings (SSSR count). The van der Waals surface area contributed by atoms with E-state index in [1.807, 2.05) is 25.2 Å². The smallest absolute Gasteiger partial charge is 0.191 e. The molecule has 2 fully saturated rings. The minimum Gasteiger partial charge on any atom is -0.369 e. The lowest BCUT2D eigenvalue weighted by molar-refractivity contribution is 0.187. The fraction of sp³-hybridized carbons (Fsp3) is 0.667. The van der Waals surface area contributed by atoms with Gasteiger partial charge < -0.3 is 20.4 Å². The molecule has 2 aliphatic rings. The van der Waals surface area contributed by atoms with Crippen molar-refractivity contribution in [2.45, 2.75) is 38.6 Å². The van der Waals surface area contributed by atoms with E-state index in [1.54, 1.807) is 0 Å². The van der Waals surface area contributed by atoms with Crippen LogP contribution in [-0.2, 0) is 0 Å². The lowest BCUT2D eigenvalue weighted by Gasteiger charge is -2.31. The summed E-state index contributed by atoms with van der Waals surface area (Å²) in [5.74, 6) is 1.78. The summed E-state index contributed by atoms with van der Waals surface area (Å²) in [5, 5.41) is 7.91. The largest absolute Gasteiger partial charge is 0.369 e. The molecule has 1 atom stereocenters. The summed E-state index contributed by atoms with van der Waals surface area (Å²) in [6.07, 6.45) is 5.01. The Bertz CT molecular complexity index is 612. The maximum atomic E-state index is 6.13. The fourth-order valence-electron chi connectivity index (χ4n) is 4.16. The minimum absolute atomic E-state index is 0.419. The number of anilines is 1. The molecule has 0 saturated carbocycles. The van der Waals surface area contributed by atoms with E-state index in [4.69, 9.17) is 11.6 Å². The van der Waals surface area contributed by atoms with Crippen molar-refractivity contribution in [3.8, 4) is 0 Å². The first-order chi connectivity index (χ1) is 13.2. The van der Waals surface area contributed by atoms with Gasteiger partial charge in [0.1, 0.15) is 0 Å². The van der Waals surface area contributed by atoms with Crippen molar-refractivity contribution in [1.82, 2.24) is 15.5 Å². The van der Waals surface area contributed by atoms with Gasteiger partial charge in [-0.3, -0.25) is 4.99 Å². The summed E-state index contributed by atoms with van der Waals surface area (Å²) in [6.45, 7) is 9.00. The van der Waals surface area contributed by atoms with Gasteiger partial charge in [0, 0.05) is 43.4 Å². The number of guanidine groups is 1. The molecule has 6 heteroatoms. The van der Waals surface area contributed by atoms with E-state index in [0.29, 0.717) is 6.04 Å². The molecule has 0 bridgehead atoms. The molecule has 1 aromatic rings. The Morgan fingerprint density at radius 2 is 2.04 bits per heavy atom. The third kappa shape index (κ3) is 6.01. The zero-order valence-corrected chi connectivity index (χ0v) is 17.5. The minimum atomic E-state index is 0.419. The molecule has 2 aliphatic heterocycles. The molecular formula is C21H34ClN5. The molecule has 1 unspecified atom stereocenters. The number of piperidine rings is 1. The third-order valence-electron chi connectivity index (χ3n) is 5.93. The molecule has 2 N–H and O–H groups in total. The second kappa shape index (κ2) is 10.2. The Morgan fingerprint density at radius 1 is 1.22 bits per heavy atom. The number of aliphatic imine (C=N–C) groups is 1. The van der Waals surface area contributed by atoms with Crippen LogP contribution in [0.1, 0.15) is 32.6 Å². The predicted molar refractivity (Wildman–Crippen MR) is 116 cm³/mol. The van der Waals surface area contributed by atoms with Gasteiger partial charge in [0.15, 0.2) is 5.96 Å². The molecule has 0 aliphatic carbocycles. The van der Waals surface area contributed by atoms with Gasteiger partial charge >= 0.3 is 0 Å². The number of benzene rings is 1. The van der Waals surface area contributed by atoms with Gasteiger partial charge in [-0.25, -0.2) is 0 Å². The molecule has 2 heterocycles. The number of hydrogen-bond acceptors (Lipinski definition) is 3. The van der Waals surface area contributed by atoms with E-state index in [0.717, 1.165) is 43.0 Å². The van der Waals surface area contributed by atoms with Crippen LogP contribution in [0.5, 0.6) is 0 Å². The maximum Gasteiger partial charge on any atom is 0.191 e. The lowest BCUT2D eigenvalue weighted by atomic mass is 9.93. The first-order valence-corrected chi connectivity index (χ1v) is 10.8. The Labute approximate surface area is 169 Å². The van der Waals surface area contributed by atoms with Gasteiger partial charge in [0.25, 0.3) is 0 Å². The average molecular weight is 392 g/mol. The standard InChI is InChI=1S/C21H34ClN5/c1-3-26-12-8-17(9-13-26)7-11-24-21(23-2)25-19-10-14-27(16-19)20-6-4-5-18(22)15-20/h4-6,15,17,19H,3,7-14,16H2,1-2H3,(H2,23,24,25). The molecule has 27 heavy (non-hydrogen) atoms. The summed E-state index contributed by atoms with van der Waals surface area (Å²) in [6, 6.07) is 8.54. The Balaban J connectivity index is 1.38. The third-order valence-corrected chi connectivity index (χ3v) is 6.16. The summed E-state index contributed by atoms with van der Waals surface area (Å²) in [7, 11) is 1.86. The zero-order valence-electron chi connectivity index (χ0n) is 16.8. The first-order valence-electron chi connectivity index (χ1n) is 10.4. The molecule has 0 spiro atoms. The summed E-state index contributed by atoms with van der Waals surface area (Å²) < 4.78 is 0. The predicted octanol–water partition coefficient (Wildman–Crippen LogP) is 3.21. The van der Waals surface area contributed by atoms with E-state index in [2.05, 4.69) is 38.4 Å². The fourth-order valence-corrected chi connectivity index (χ4v) is 4.34. The van der Waals surface area contributed by atoms with Gasteiger partial charge in [0.2, 0.25) is 0 Å². The van der Waals surface area contributed by atoms with Gasteiger partial charge in [-0.2, -0.15) is 0 Å². The summed E-state index contributed by atoms with van der Waals surface area (Å²) in [4.78, 5) is 9.36. The number of rotatable bonds is 6. The van der Waals surface area contributed by atoms with E-state index in [9.17, 15) is 0 Å². The molecule has 150 valence electrons. The highest BCUT2D eigenvalue weighted by atomic mass is 35.5. The number of likely N-dealkylation sites (tertiary alicyclic amines) is 1. The number of nitrogens with one attached hydrogen (secondary N) is 2. The van der Waals surface area contributed by atoms with Crippen molar-refractivity contribution in [1.29, 1.82) is 0 Å². The summed E-state index contributed by atoms with van der Waals surface area (Å²) in [5.41, 5.74) is 1.20. The van der Waals surface area contributed by atoms with Gasteiger partial charge in [-0.15, -0.1) is 0 Å². The van der Waals surface area contributed by atoms with Gasteiger partial charge in [-0.05, 0) is 69.4 Å². The summed E-state index contributed by atoms with van der Waals surface area (Å²) >= 11 is 6.13. The van der Waals surface area contributed by atoms with Crippen LogP contribution >= 0.6 is 11.6 Å². The van der Waals surface area contributed by atoms with Crippen LogP contribution in [0.4, 0.5) is 5.69 Å². The van der Waals surface area contributed by atoms with Crippen molar-refractivity contribution >= 4 is 23.2 Å². The second-order valence-corrected chi connectivity index (χ2v) is 8.16. The molecule has 0 amide bonds. The van der Waals surface area contributed by atoms with Crippen LogP contribution in [-0.4, -0.2) is 63.2 Å². The van der Waals surface area contributed by atoms with Crippen molar-refractivity contribution in [3.63, 3.8) is 0 Å². The maximum absolute atomic E-state index is 6.13. The molecule has 5 nitrogen and oxygen atoms in total. The van der Waals surface area contributed by atoms with Crippen molar-refractivity contribution in [3.05, 3.63) is 29.3 Å². The van der Waals surface area contributed by atoms with E-state index in [1.165, 1.54) is 44.6 Å². The van der Waals surface area contributed by atoms with E-state index >= 15 is 0 Å². The average Bonchev–Trinajstić information content (AvgIpc) is 3.16. The Hall–Kier alpha value is -1.46. The van der Waals surface area contributed by atoms with Crippen LogP contribution in [0, 0.1) is 5.92 Å². The first kappa shape index (κ1) is 20.3. The van der Waals surface area contributed by atoms with Crippen LogP contribution in [0.15, 0.2) is 29.3 Å².